The van der Waals surface area contributed by atoms with Crippen LogP contribution in [0.15, 0.2) is 45.3 Å². The number of para-hydroxylation sites is 1. The summed E-state index contributed by atoms with van der Waals surface area (Å²) in [4.78, 5) is 27.0. The van der Waals surface area contributed by atoms with Gasteiger partial charge in [-0.3, -0.25) is 4.79 Å². The van der Waals surface area contributed by atoms with Gasteiger partial charge in [-0.15, -0.1) is 0 Å². The SMILES string of the molecule is O=C(COC(=O)c1[nH]c2ccccc2c1Br)Nc1c(F)cc(F)cc1Br. The lowest BCUT2D eigenvalue weighted by Crippen LogP contribution is -2.22. The van der Waals surface area contributed by atoms with Crippen molar-refractivity contribution in [1.29, 1.82) is 0 Å². The zero-order valence-electron chi connectivity index (χ0n) is 12.9. The third-order valence-electron chi connectivity index (χ3n) is 3.45. The Labute approximate surface area is 163 Å². The van der Waals surface area contributed by atoms with E-state index in [4.69, 9.17) is 4.74 Å². The second-order valence-corrected chi connectivity index (χ2v) is 6.88. The van der Waals surface area contributed by atoms with Crippen LogP contribution in [0.5, 0.6) is 0 Å². The third-order valence-corrected chi connectivity index (χ3v) is 4.90. The van der Waals surface area contributed by atoms with Crippen molar-refractivity contribution in [2.75, 3.05) is 11.9 Å². The normalized spacial score (nSPS) is 10.8. The van der Waals surface area contributed by atoms with Gasteiger partial charge in [0.25, 0.3) is 5.91 Å². The van der Waals surface area contributed by atoms with Gasteiger partial charge in [0.05, 0.1) is 10.2 Å². The van der Waals surface area contributed by atoms with Crippen LogP contribution in [0.2, 0.25) is 0 Å². The Morgan fingerprint density at radius 1 is 1.15 bits per heavy atom. The molecule has 3 rings (SSSR count). The van der Waals surface area contributed by atoms with Crippen molar-refractivity contribution in [3.05, 3.63) is 62.7 Å². The molecule has 0 saturated heterocycles. The first kappa shape index (κ1) is 18.5. The minimum atomic E-state index is -0.949. The average Bonchev–Trinajstić information content (AvgIpc) is 2.93. The fourth-order valence-corrected chi connectivity index (χ4v) is 3.40. The van der Waals surface area contributed by atoms with E-state index in [1.807, 2.05) is 18.2 Å². The Morgan fingerprint density at radius 2 is 1.88 bits per heavy atom. The number of amides is 1. The van der Waals surface area contributed by atoms with Crippen molar-refractivity contribution in [2.24, 2.45) is 0 Å². The van der Waals surface area contributed by atoms with Gasteiger partial charge in [-0.2, -0.15) is 0 Å². The van der Waals surface area contributed by atoms with Crippen LogP contribution >= 0.6 is 31.9 Å². The molecule has 0 bridgehead atoms. The zero-order valence-corrected chi connectivity index (χ0v) is 16.1. The molecule has 0 saturated carbocycles. The van der Waals surface area contributed by atoms with Gasteiger partial charge in [-0.05, 0) is 44.0 Å². The summed E-state index contributed by atoms with van der Waals surface area (Å²) in [5, 5.41) is 3.02. The van der Waals surface area contributed by atoms with Crippen LogP contribution in [0.3, 0.4) is 0 Å². The Balaban J connectivity index is 1.67. The minimum Gasteiger partial charge on any atom is -0.451 e. The van der Waals surface area contributed by atoms with Crippen LogP contribution < -0.4 is 5.32 Å². The molecule has 0 spiro atoms. The van der Waals surface area contributed by atoms with E-state index in [0.717, 1.165) is 17.0 Å². The number of nitrogens with one attached hydrogen (secondary N) is 2. The molecule has 0 aliphatic rings. The summed E-state index contributed by atoms with van der Waals surface area (Å²) in [7, 11) is 0. The number of halogens is 4. The maximum Gasteiger partial charge on any atom is 0.356 e. The second kappa shape index (κ2) is 7.55. The highest BCUT2D eigenvalue weighted by molar-refractivity contribution is 9.11. The van der Waals surface area contributed by atoms with E-state index in [2.05, 4.69) is 42.2 Å². The summed E-state index contributed by atoms with van der Waals surface area (Å²) < 4.78 is 32.3. The number of rotatable bonds is 4. The monoisotopic (exact) mass is 486 g/mol. The molecule has 1 aromatic heterocycles. The van der Waals surface area contributed by atoms with Crippen molar-refractivity contribution < 1.29 is 23.1 Å². The highest BCUT2D eigenvalue weighted by Gasteiger charge is 2.19. The summed E-state index contributed by atoms with van der Waals surface area (Å²) in [6.07, 6.45) is 0. The van der Waals surface area contributed by atoms with Gasteiger partial charge in [0.2, 0.25) is 0 Å². The van der Waals surface area contributed by atoms with Gasteiger partial charge in [-0.25, -0.2) is 13.6 Å². The van der Waals surface area contributed by atoms with Crippen LogP contribution in [-0.2, 0) is 9.53 Å². The molecule has 5 nitrogen and oxygen atoms in total. The number of carbonyl (C=O) groups excluding carboxylic acids is 2. The molecular weight excluding hydrogens is 478 g/mol. The number of anilines is 1. The number of hydrogen-bond acceptors (Lipinski definition) is 3. The third kappa shape index (κ3) is 3.78. The van der Waals surface area contributed by atoms with Crippen molar-refractivity contribution in [3.8, 4) is 0 Å². The zero-order chi connectivity index (χ0) is 18.8. The highest BCUT2D eigenvalue weighted by atomic mass is 79.9. The lowest BCUT2D eigenvalue weighted by molar-refractivity contribution is -0.119. The molecule has 0 unspecified atom stereocenters. The maximum atomic E-state index is 13.7. The predicted molar refractivity (Wildman–Crippen MR) is 99.0 cm³/mol. The largest absolute Gasteiger partial charge is 0.451 e. The van der Waals surface area contributed by atoms with E-state index in [1.54, 1.807) is 6.07 Å². The molecule has 2 aromatic carbocycles. The number of hydrogen-bond donors (Lipinski definition) is 2. The van der Waals surface area contributed by atoms with Crippen LogP contribution in [0.1, 0.15) is 10.5 Å². The molecule has 2 N–H and O–H groups in total. The Hall–Kier alpha value is -2.26. The van der Waals surface area contributed by atoms with Crippen molar-refractivity contribution in [3.63, 3.8) is 0 Å². The lowest BCUT2D eigenvalue weighted by atomic mass is 10.2. The standard InChI is InChI=1S/C17H10Br2F2N2O3/c18-10-5-8(20)6-11(21)15(10)23-13(24)7-26-17(25)16-14(19)9-3-1-2-4-12(9)22-16/h1-6,22H,7H2,(H,23,24). The van der Waals surface area contributed by atoms with E-state index in [-0.39, 0.29) is 15.9 Å². The molecule has 1 amide bonds. The van der Waals surface area contributed by atoms with E-state index >= 15 is 0 Å². The molecule has 0 atom stereocenters. The number of fused-ring (bicyclic) bond motifs is 1. The summed E-state index contributed by atoms with van der Waals surface area (Å²) in [5.41, 5.74) is 0.653. The quantitative estimate of drug-likeness (QED) is 0.521. The average molecular weight is 488 g/mol. The molecule has 134 valence electrons. The van der Waals surface area contributed by atoms with Crippen LogP contribution in [-0.4, -0.2) is 23.5 Å². The topological polar surface area (TPSA) is 71.2 Å². The van der Waals surface area contributed by atoms with Crippen LogP contribution in [0.25, 0.3) is 10.9 Å². The van der Waals surface area contributed by atoms with Crippen molar-refractivity contribution in [1.82, 2.24) is 4.98 Å². The number of esters is 1. The van der Waals surface area contributed by atoms with E-state index in [1.165, 1.54) is 0 Å². The van der Waals surface area contributed by atoms with Crippen LogP contribution in [0.4, 0.5) is 14.5 Å². The summed E-state index contributed by atoms with van der Waals surface area (Å²) in [5.74, 6) is -3.25. The predicted octanol–water partition coefficient (Wildman–Crippen LogP) is 4.77. The van der Waals surface area contributed by atoms with Crippen LogP contribution in [0, 0.1) is 11.6 Å². The number of aromatic amines is 1. The van der Waals surface area contributed by atoms with Gasteiger partial charge in [0.15, 0.2) is 12.4 Å². The molecule has 0 aliphatic carbocycles. The fraction of sp³-hybridized carbons (Fsp3) is 0.0588. The Kier molecular flexibility index (Phi) is 5.38. The van der Waals surface area contributed by atoms with Gasteiger partial charge in [-0.1, -0.05) is 18.2 Å². The lowest BCUT2D eigenvalue weighted by Gasteiger charge is -2.09. The Morgan fingerprint density at radius 3 is 2.58 bits per heavy atom. The first-order valence-corrected chi connectivity index (χ1v) is 8.83. The number of carbonyl (C=O) groups is 2. The first-order chi connectivity index (χ1) is 12.4. The number of benzene rings is 2. The summed E-state index contributed by atoms with van der Waals surface area (Å²) in [6.45, 7) is -0.635. The van der Waals surface area contributed by atoms with Crippen molar-refractivity contribution >= 4 is 60.3 Å². The maximum absolute atomic E-state index is 13.7. The smallest absolute Gasteiger partial charge is 0.356 e. The van der Waals surface area contributed by atoms with E-state index in [9.17, 15) is 18.4 Å². The minimum absolute atomic E-state index is 0.0352. The molecule has 1 heterocycles. The van der Waals surface area contributed by atoms with Gasteiger partial charge >= 0.3 is 5.97 Å². The second-order valence-electron chi connectivity index (χ2n) is 5.23. The highest BCUT2D eigenvalue weighted by Crippen LogP contribution is 2.28. The van der Waals surface area contributed by atoms with Gasteiger partial charge in [0, 0.05) is 21.4 Å². The molecule has 0 aliphatic heterocycles. The fourth-order valence-electron chi connectivity index (χ4n) is 2.29. The summed E-state index contributed by atoms with van der Waals surface area (Å²) in [6, 6.07) is 8.87. The molecule has 9 heteroatoms. The van der Waals surface area contributed by atoms with E-state index < -0.39 is 30.1 Å². The molecular formula is C17H10Br2F2N2O3. The van der Waals surface area contributed by atoms with Crippen molar-refractivity contribution in [2.45, 2.75) is 0 Å². The molecule has 26 heavy (non-hydrogen) atoms. The number of aromatic nitrogens is 1. The van der Waals surface area contributed by atoms with E-state index in [0.29, 0.717) is 10.5 Å². The molecule has 3 aromatic rings. The van der Waals surface area contributed by atoms with Gasteiger partial charge in [0.1, 0.15) is 11.5 Å². The molecule has 0 radical (unpaired) electrons. The number of H-pyrrole nitrogens is 1. The molecule has 0 fully saturated rings. The summed E-state index contributed by atoms with van der Waals surface area (Å²) >= 11 is 6.27. The Bertz CT molecular complexity index is 997. The first-order valence-electron chi connectivity index (χ1n) is 7.24. The number of ether oxygens (including phenoxy) is 1. The van der Waals surface area contributed by atoms with Gasteiger partial charge < -0.3 is 15.0 Å².